The van der Waals surface area contributed by atoms with Crippen LogP contribution in [0, 0.1) is 0 Å². The molecule has 0 unspecified atom stereocenters. The van der Waals surface area contributed by atoms with Crippen molar-refractivity contribution in [2.45, 2.75) is 0 Å². The second-order valence-corrected chi connectivity index (χ2v) is 9.69. The lowest BCUT2D eigenvalue weighted by Gasteiger charge is -2.10. The zero-order chi connectivity index (χ0) is 23.1. The minimum absolute atomic E-state index is 0.328. The molecule has 0 aliphatic heterocycles. The first kappa shape index (κ1) is 18.8. The number of hydrogen-bond acceptors (Lipinski definition) is 1. The van der Waals surface area contributed by atoms with Crippen molar-refractivity contribution in [3.05, 3.63) is 115 Å². The third-order valence-corrected chi connectivity index (χ3v) is 7.50. The van der Waals surface area contributed by atoms with E-state index in [-0.39, 0.29) is 0 Å². The molecule has 35 heavy (non-hydrogen) atoms. The Morgan fingerprint density at radius 1 is 0.286 bits per heavy atom. The van der Waals surface area contributed by atoms with E-state index < -0.39 is 0 Å². The predicted molar refractivity (Wildman–Crippen MR) is 151 cm³/mol. The lowest BCUT2D eigenvalue weighted by molar-refractivity contribution is 0.481. The Hall–Kier alpha value is -4.62. The number of rotatable bonds is 0. The molecule has 1 N–H and O–H groups in total. The van der Waals surface area contributed by atoms with Crippen LogP contribution < -0.4 is 0 Å². The molecule has 0 aliphatic carbocycles. The van der Waals surface area contributed by atoms with Gasteiger partial charge in [-0.25, -0.2) is 0 Å². The Morgan fingerprint density at radius 2 is 0.600 bits per heavy atom. The second-order valence-electron chi connectivity index (χ2n) is 9.69. The summed E-state index contributed by atoms with van der Waals surface area (Å²) in [6.45, 7) is 0. The maximum absolute atomic E-state index is 10.3. The van der Waals surface area contributed by atoms with Gasteiger partial charge in [0.1, 0.15) is 5.75 Å². The molecular formula is C34H20O. The van der Waals surface area contributed by atoms with Crippen LogP contribution in [0.25, 0.3) is 75.4 Å². The third-order valence-electron chi connectivity index (χ3n) is 7.50. The average molecular weight is 445 g/mol. The van der Waals surface area contributed by atoms with Gasteiger partial charge in [0.15, 0.2) is 0 Å². The molecule has 0 saturated heterocycles. The molecule has 8 aromatic carbocycles. The summed E-state index contributed by atoms with van der Waals surface area (Å²) in [5.74, 6) is 0.328. The number of phenolic OH excluding ortho intramolecular Hbond substituents is 1. The first-order chi connectivity index (χ1) is 17.2. The van der Waals surface area contributed by atoms with E-state index in [1.165, 1.54) is 59.2 Å². The quantitative estimate of drug-likeness (QED) is 0.231. The highest BCUT2D eigenvalue weighted by atomic mass is 16.3. The van der Waals surface area contributed by atoms with Crippen LogP contribution in [0.15, 0.2) is 115 Å². The second kappa shape index (κ2) is 6.71. The maximum Gasteiger partial charge on any atom is 0.123 e. The molecule has 0 heterocycles. The molecule has 0 amide bonds. The summed E-state index contributed by atoms with van der Waals surface area (Å²) in [6, 6.07) is 41.5. The van der Waals surface area contributed by atoms with Gasteiger partial charge < -0.3 is 5.11 Å². The SMILES string of the molecule is Oc1cccc2cc3cc4cc5cc6cc7cc8ccccc8cc7cc6cc5cc4cc3cc12. The van der Waals surface area contributed by atoms with Gasteiger partial charge in [-0.3, -0.25) is 0 Å². The van der Waals surface area contributed by atoms with Crippen molar-refractivity contribution in [1.82, 2.24) is 0 Å². The first-order valence-electron chi connectivity index (χ1n) is 12.0. The average Bonchev–Trinajstić information content (AvgIpc) is 2.86. The van der Waals surface area contributed by atoms with Crippen molar-refractivity contribution in [2.75, 3.05) is 0 Å². The molecule has 0 aliphatic rings. The lowest BCUT2D eigenvalue weighted by atomic mass is 9.94. The van der Waals surface area contributed by atoms with Gasteiger partial charge in [-0.2, -0.15) is 0 Å². The van der Waals surface area contributed by atoms with Gasteiger partial charge in [0, 0.05) is 5.39 Å². The van der Waals surface area contributed by atoms with Gasteiger partial charge in [-0.15, -0.1) is 0 Å². The van der Waals surface area contributed by atoms with E-state index in [4.69, 9.17) is 0 Å². The molecule has 0 saturated carbocycles. The summed E-state index contributed by atoms with van der Waals surface area (Å²) in [5, 5.41) is 27.2. The molecular weight excluding hydrogens is 424 g/mol. The molecule has 0 atom stereocenters. The number of fused-ring (bicyclic) bond motifs is 7. The Morgan fingerprint density at radius 3 is 1.03 bits per heavy atom. The predicted octanol–water partition coefficient (Wildman–Crippen LogP) is 9.46. The van der Waals surface area contributed by atoms with E-state index in [1.54, 1.807) is 6.07 Å². The van der Waals surface area contributed by atoms with E-state index in [2.05, 4.69) is 103 Å². The number of phenols is 1. The molecule has 1 heteroatoms. The Labute approximate surface area is 201 Å². The summed E-state index contributed by atoms with van der Waals surface area (Å²) >= 11 is 0. The summed E-state index contributed by atoms with van der Waals surface area (Å²) in [5.41, 5.74) is 0. The number of benzene rings is 8. The lowest BCUT2D eigenvalue weighted by Crippen LogP contribution is -1.83. The van der Waals surface area contributed by atoms with E-state index in [0.29, 0.717) is 5.75 Å². The van der Waals surface area contributed by atoms with Crippen LogP contribution in [0.4, 0.5) is 0 Å². The molecule has 0 fully saturated rings. The largest absolute Gasteiger partial charge is 0.507 e. The van der Waals surface area contributed by atoms with Crippen molar-refractivity contribution in [2.24, 2.45) is 0 Å². The van der Waals surface area contributed by atoms with Crippen LogP contribution in [0.5, 0.6) is 5.75 Å². The zero-order valence-electron chi connectivity index (χ0n) is 18.9. The van der Waals surface area contributed by atoms with Crippen molar-refractivity contribution < 1.29 is 5.11 Å². The Kier molecular flexibility index (Phi) is 3.60. The summed E-state index contributed by atoms with van der Waals surface area (Å²) in [4.78, 5) is 0. The monoisotopic (exact) mass is 444 g/mol. The van der Waals surface area contributed by atoms with Crippen LogP contribution in [0.1, 0.15) is 0 Å². The van der Waals surface area contributed by atoms with Crippen molar-refractivity contribution >= 4 is 75.4 Å². The van der Waals surface area contributed by atoms with Crippen LogP contribution in [0.3, 0.4) is 0 Å². The highest BCUT2D eigenvalue weighted by molar-refractivity contribution is 6.12. The number of hydrogen-bond donors (Lipinski definition) is 1. The fraction of sp³-hybridized carbons (Fsp3) is 0. The summed E-state index contributed by atoms with van der Waals surface area (Å²) < 4.78 is 0. The van der Waals surface area contributed by atoms with Crippen molar-refractivity contribution in [3.8, 4) is 5.75 Å². The standard InChI is InChI=1S/C34H20O/c35-34-7-3-6-22-10-25-13-28-16-29-14-26-11-23-8-20-4-1-2-5-21(20)9-24(23)12-27(26)15-30(29)17-31(28)18-32(25)19-33(22)34/h1-19,35H. The van der Waals surface area contributed by atoms with E-state index in [0.717, 1.165) is 16.2 Å². The van der Waals surface area contributed by atoms with E-state index >= 15 is 0 Å². The highest BCUT2D eigenvalue weighted by Gasteiger charge is 2.07. The van der Waals surface area contributed by atoms with Crippen molar-refractivity contribution in [3.63, 3.8) is 0 Å². The van der Waals surface area contributed by atoms with Gasteiger partial charge in [0.25, 0.3) is 0 Å². The van der Waals surface area contributed by atoms with Crippen LogP contribution in [-0.4, -0.2) is 5.11 Å². The third kappa shape index (κ3) is 2.82. The topological polar surface area (TPSA) is 20.2 Å². The zero-order valence-corrected chi connectivity index (χ0v) is 18.9. The molecule has 0 aromatic heterocycles. The van der Waals surface area contributed by atoms with Gasteiger partial charge in [0.05, 0.1) is 0 Å². The van der Waals surface area contributed by atoms with Gasteiger partial charge in [0.2, 0.25) is 0 Å². The fourth-order valence-corrected chi connectivity index (χ4v) is 5.71. The minimum Gasteiger partial charge on any atom is -0.507 e. The minimum atomic E-state index is 0.328. The number of aromatic hydroxyl groups is 1. The molecule has 0 bridgehead atoms. The van der Waals surface area contributed by atoms with Gasteiger partial charge in [-0.1, -0.05) is 36.4 Å². The summed E-state index contributed by atoms with van der Waals surface area (Å²) in [7, 11) is 0. The Bertz CT molecular complexity index is 2170. The van der Waals surface area contributed by atoms with Crippen LogP contribution in [-0.2, 0) is 0 Å². The fourth-order valence-electron chi connectivity index (χ4n) is 5.71. The highest BCUT2D eigenvalue weighted by Crippen LogP contribution is 2.35. The maximum atomic E-state index is 10.3. The van der Waals surface area contributed by atoms with Gasteiger partial charge in [-0.05, 0) is 149 Å². The van der Waals surface area contributed by atoms with Crippen LogP contribution >= 0.6 is 0 Å². The Balaban J connectivity index is 1.40. The molecule has 162 valence electrons. The molecule has 8 aromatic rings. The van der Waals surface area contributed by atoms with E-state index in [9.17, 15) is 5.11 Å². The van der Waals surface area contributed by atoms with Crippen molar-refractivity contribution in [1.29, 1.82) is 0 Å². The van der Waals surface area contributed by atoms with Gasteiger partial charge >= 0.3 is 0 Å². The smallest absolute Gasteiger partial charge is 0.123 e. The first-order valence-corrected chi connectivity index (χ1v) is 12.0. The molecule has 1 nitrogen and oxygen atoms in total. The normalized spacial score (nSPS) is 12.1. The molecule has 0 radical (unpaired) electrons. The summed E-state index contributed by atoms with van der Waals surface area (Å²) in [6.07, 6.45) is 0. The van der Waals surface area contributed by atoms with E-state index in [1.807, 2.05) is 6.07 Å². The molecule has 8 rings (SSSR count). The van der Waals surface area contributed by atoms with Crippen LogP contribution in [0.2, 0.25) is 0 Å². The molecule has 0 spiro atoms.